The van der Waals surface area contributed by atoms with Gasteiger partial charge in [-0.3, -0.25) is 14.4 Å². The van der Waals surface area contributed by atoms with Crippen molar-refractivity contribution in [1.82, 2.24) is 0 Å². The summed E-state index contributed by atoms with van der Waals surface area (Å²) in [6.07, 6.45) is -4.84. The molecule has 1 saturated heterocycles. The molecule has 9 heteroatoms. The van der Waals surface area contributed by atoms with Crippen LogP contribution in [-0.2, 0) is 42.9 Å². The second-order valence-electron chi connectivity index (χ2n) is 5.18. The van der Waals surface area contributed by atoms with E-state index < -0.39 is 48.5 Å². The maximum Gasteiger partial charge on any atom is 0.335 e. The van der Waals surface area contributed by atoms with Crippen LogP contribution in [0.4, 0.5) is 0 Å². The lowest BCUT2D eigenvalue weighted by Gasteiger charge is -2.39. The minimum atomic E-state index is -1.34. The van der Waals surface area contributed by atoms with Crippen LogP contribution < -0.4 is 0 Å². The minimum absolute atomic E-state index is 0.103. The normalized spacial score (nSPS) is 26.0. The summed E-state index contributed by atoms with van der Waals surface area (Å²) in [6.45, 7) is 8.07. The fourth-order valence-electron chi connectivity index (χ4n) is 2.02. The Morgan fingerprint density at radius 1 is 0.833 bits per heavy atom. The summed E-state index contributed by atoms with van der Waals surface area (Å²) in [4.78, 5) is 45.6. The van der Waals surface area contributed by atoms with Gasteiger partial charge in [0.2, 0.25) is 12.4 Å². The maximum atomic E-state index is 11.7. The van der Waals surface area contributed by atoms with Crippen LogP contribution >= 0.6 is 0 Å². The van der Waals surface area contributed by atoms with Gasteiger partial charge in [-0.05, 0) is 6.92 Å². The van der Waals surface area contributed by atoms with Crippen molar-refractivity contribution in [2.75, 3.05) is 6.61 Å². The predicted molar refractivity (Wildman–Crippen MR) is 77.3 cm³/mol. The first-order valence-electron chi connectivity index (χ1n) is 7.11. The van der Waals surface area contributed by atoms with Gasteiger partial charge >= 0.3 is 23.9 Å². The molecule has 0 radical (unpaired) electrons. The third-order valence-corrected chi connectivity index (χ3v) is 2.88. The van der Waals surface area contributed by atoms with Gasteiger partial charge in [-0.1, -0.05) is 6.58 Å². The van der Waals surface area contributed by atoms with E-state index in [0.717, 1.165) is 13.8 Å². The third-order valence-electron chi connectivity index (χ3n) is 2.88. The van der Waals surface area contributed by atoms with Gasteiger partial charge in [-0.25, -0.2) is 4.79 Å². The van der Waals surface area contributed by atoms with Crippen molar-refractivity contribution in [1.29, 1.82) is 0 Å². The number of hydrogen-bond acceptors (Lipinski definition) is 9. The van der Waals surface area contributed by atoms with Gasteiger partial charge in [0.05, 0.1) is 6.61 Å². The monoisotopic (exact) mass is 344 g/mol. The molecule has 0 aromatic rings. The lowest BCUT2D eigenvalue weighted by Crippen LogP contribution is -2.58. The molecule has 0 bridgehead atoms. The van der Waals surface area contributed by atoms with Crippen molar-refractivity contribution >= 4 is 23.9 Å². The molecule has 4 atom stereocenters. The van der Waals surface area contributed by atoms with E-state index in [9.17, 15) is 19.2 Å². The van der Waals surface area contributed by atoms with E-state index in [1.807, 2.05) is 0 Å². The Balaban J connectivity index is 3.07. The summed E-state index contributed by atoms with van der Waals surface area (Å²) < 4.78 is 25.6. The predicted octanol–water partition coefficient (Wildman–Crippen LogP) is 0.257. The second-order valence-corrected chi connectivity index (χ2v) is 5.18. The molecule has 1 aliphatic rings. The fourth-order valence-corrected chi connectivity index (χ4v) is 2.02. The van der Waals surface area contributed by atoms with Crippen molar-refractivity contribution in [3.05, 3.63) is 12.2 Å². The van der Waals surface area contributed by atoms with E-state index in [1.165, 1.54) is 13.8 Å². The standard InChI is InChI=1S/C15H20O9/c1-7(2)14(19)24-15-13(23-10(5)18)12(22-9(4)17)11(6-20-15)21-8(3)16/h11-13,15H,1,6H2,2-5H3. The zero-order valence-corrected chi connectivity index (χ0v) is 13.9. The van der Waals surface area contributed by atoms with Crippen LogP contribution in [0, 0.1) is 0 Å². The first-order chi connectivity index (χ1) is 11.1. The second kappa shape index (κ2) is 8.44. The summed E-state index contributed by atoms with van der Waals surface area (Å²) in [6, 6.07) is 0. The molecular weight excluding hydrogens is 324 g/mol. The van der Waals surface area contributed by atoms with Crippen LogP contribution in [0.3, 0.4) is 0 Å². The summed E-state index contributed by atoms with van der Waals surface area (Å²) in [5, 5.41) is 0. The van der Waals surface area contributed by atoms with Crippen molar-refractivity contribution < 1.29 is 42.9 Å². The zero-order valence-electron chi connectivity index (χ0n) is 13.9. The van der Waals surface area contributed by atoms with Crippen LogP contribution in [0.1, 0.15) is 27.7 Å². The van der Waals surface area contributed by atoms with Gasteiger partial charge in [0.15, 0.2) is 12.2 Å². The number of carbonyl (C=O) groups is 4. The highest BCUT2D eigenvalue weighted by molar-refractivity contribution is 5.87. The molecule has 0 amide bonds. The molecule has 134 valence electrons. The molecule has 4 unspecified atom stereocenters. The Bertz CT molecular complexity index is 539. The maximum absolute atomic E-state index is 11.7. The van der Waals surface area contributed by atoms with Gasteiger partial charge in [-0.15, -0.1) is 0 Å². The van der Waals surface area contributed by atoms with Gasteiger partial charge in [-0.2, -0.15) is 0 Å². The van der Waals surface area contributed by atoms with Gasteiger partial charge in [0.25, 0.3) is 0 Å². The number of hydrogen-bond donors (Lipinski definition) is 0. The molecule has 1 fully saturated rings. The van der Waals surface area contributed by atoms with E-state index in [1.54, 1.807) is 0 Å². The molecule has 0 N–H and O–H groups in total. The summed E-state index contributed by atoms with van der Waals surface area (Å²) >= 11 is 0. The Morgan fingerprint density at radius 2 is 1.33 bits per heavy atom. The van der Waals surface area contributed by atoms with Crippen LogP contribution in [0.2, 0.25) is 0 Å². The van der Waals surface area contributed by atoms with Gasteiger partial charge < -0.3 is 23.7 Å². The van der Waals surface area contributed by atoms with Crippen molar-refractivity contribution in [3.8, 4) is 0 Å². The van der Waals surface area contributed by atoms with Crippen LogP contribution in [0.15, 0.2) is 12.2 Å². The lowest BCUT2D eigenvalue weighted by atomic mass is 10.0. The van der Waals surface area contributed by atoms with Crippen LogP contribution in [-0.4, -0.2) is 55.1 Å². The molecule has 0 spiro atoms. The molecule has 0 aromatic heterocycles. The number of ether oxygens (including phenoxy) is 5. The highest BCUT2D eigenvalue weighted by atomic mass is 16.7. The number of esters is 4. The number of rotatable bonds is 5. The fraction of sp³-hybridized carbons (Fsp3) is 0.600. The molecule has 1 aliphatic heterocycles. The minimum Gasteiger partial charge on any atom is -0.456 e. The summed E-state index contributed by atoms with van der Waals surface area (Å²) in [5.74, 6) is -2.83. The average molecular weight is 344 g/mol. The van der Waals surface area contributed by atoms with Gasteiger partial charge in [0.1, 0.15) is 0 Å². The molecule has 1 heterocycles. The van der Waals surface area contributed by atoms with Crippen LogP contribution in [0.5, 0.6) is 0 Å². The Morgan fingerprint density at radius 3 is 1.79 bits per heavy atom. The summed E-state index contributed by atoms with van der Waals surface area (Å²) in [7, 11) is 0. The Kier molecular flexibility index (Phi) is 6.90. The molecule has 1 rings (SSSR count). The smallest absolute Gasteiger partial charge is 0.335 e. The van der Waals surface area contributed by atoms with E-state index >= 15 is 0 Å². The van der Waals surface area contributed by atoms with Crippen molar-refractivity contribution in [3.63, 3.8) is 0 Å². The summed E-state index contributed by atoms with van der Waals surface area (Å²) in [5.41, 5.74) is 0.103. The number of carbonyl (C=O) groups excluding carboxylic acids is 4. The first kappa shape index (κ1) is 19.6. The van der Waals surface area contributed by atoms with E-state index in [2.05, 4.69) is 6.58 Å². The topological polar surface area (TPSA) is 114 Å². The highest BCUT2D eigenvalue weighted by Gasteiger charge is 2.48. The highest BCUT2D eigenvalue weighted by Crippen LogP contribution is 2.25. The molecule has 24 heavy (non-hydrogen) atoms. The molecule has 0 aliphatic carbocycles. The molecular formula is C15H20O9. The van der Waals surface area contributed by atoms with Crippen LogP contribution in [0.25, 0.3) is 0 Å². The van der Waals surface area contributed by atoms with E-state index in [0.29, 0.717) is 0 Å². The van der Waals surface area contributed by atoms with Crippen molar-refractivity contribution in [2.45, 2.75) is 52.3 Å². The lowest BCUT2D eigenvalue weighted by molar-refractivity contribution is -0.273. The van der Waals surface area contributed by atoms with Crippen molar-refractivity contribution in [2.24, 2.45) is 0 Å². The van der Waals surface area contributed by atoms with Gasteiger partial charge in [0, 0.05) is 26.3 Å². The molecule has 0 saturated carbocycles. The Hall–Kier alpha value is -2.42. The zero-order chi connectivity index (χ0) is 18.4. The average Bonchev–Trinajstić information content (AvgIpc) is 2.43. The third kappa shape index (κ3) is 5.65. The first-order valence-corrected chi connectivity index (χ1v) is 7.11. The quantitative estimate of drug-likeness (QED) is 0.393. The van der Waals surface area contributed by atoms with E-state index in [-0.39, 0.29) is 12.2 Å². The largest absolute Gasteiger partial charge is 0.456 e. The Labute approximate surface area is 138 Å². The molecule has 0 aromatic carbocycles. The van der Waals surface area contributed by atoms with E-state index in [4.69, 9.17) is 23.7 Å². The molecule has 9 nitrogen and oxygen atoms in total. The SMILES string of the molecule is C=C(C)C(=O)OC1OCC(OC(C)=O)C(OC(C)=O)C1OC(C)=O.